The molecular formula is C19H19NO2. The molecule has 3 heteroatoms. The van der Waals surface area contributed by atoms with Gasteiger partial charge < -0.3 is 10.1 Å². The summed E-state index contributed by atoms with van der Waals surface area (Å²) in [6.07, 6.45) is 4.34. The lowest BCUT2D eigenvalue weighted by Crippen LogP contribution is -2.33. The molecule has 0 aromatic heterocycles. The van der Waals surface area contributed by atoms with E-state index in [1.54, 1.807) is 6.08 Å². The van der Waals surface area contributed by atoms with E-state index in [0.29, 0.717) is 19.1 Å². The highest BCUT2D eigenvalue weighted by Gasteiger charge is 2.19. The van der Waals surface area contributed by atoms with Crippen molar-refractivity contribution in [2.24, 2.45) is 5.92 Å². The molecule has 1 atom stereocenters. The van der Waals surface area contributed by atoms with Crippen molar-refractivity contribution >= 4 is 12.0 Å². The Morgan fingerprint density at radius 1 is 1.14 bits per heavy atom. The fraction of sp³-hybridized carbons (Fsp3) is 0.211. The zero-order valence-electron chi connectivity index (χ0n) is 12.4. The van der Waals surface area contributed by atoms with Crippen LogP contribution in [0.25, 0.3) is 6.08 Å². The second kappa shape index (κ2) is 6.94. The van der Waals surface area contributed by atoms with Crippen LogP contribution < -0.4 is 10.1 Å². The van der Waals surface area contributed by atoms with Crippen LogP contribution in [0.4, 0.5) is 0 Å². The van der Waals surface area contributed by atoms with Gasteiger partial charge >= 0.3 is 0 Å². The van der Waals surface area contributed by atoms with Gasteiger partial charge in [-0.05, 0) is 29.7 Å². The van der Waals surface area contributed by atoms with Crippen molar-refractivity contribution in [3.63, 3.8) is 0 Å². The number of hydrogen-bond acceptors (Lipinski definition) is 2. The predicted molar refractivity (Wildman–Crippen MR) is 87.6 cm³/mol. The number of ether oxygens (including phenoxy) is 1. The highest BCUT2D eigenvalue weighted by molar-refractivity contribution is 5.91. The Morgan fingerprint density at radius 2 is 1.91 bits per heavy atom. The number of fused-ring (bicyclic) bond motifs is 1. The molecule has 3 rings (SSSR count). The first-order chi connectivity index (χ1) is 10.8. The van der Waals surface area contributed by atoms with Gasteiger partial charge in [0, 0.05) is 18.5 Å². The molecule has 22 heavy (non-hydrogen) atoms. The van der Waals surface area contributed by atoms with Crippen molar-refractivity contribution in [1.82, 2.24) is 5.32 Å². The number of carbonyl (C=O) groups excluding carboxylic acids is 1. The number of nitrogens with one attached hydrogen (secondary N) is 1. The number of hydrogen-bond donors (Lipinski definition) is 1. The zero-order chi connectivity index (χ0) is 15.2. The van der Waals surface area contributed by atoms with E-state index in [2.05, 4.69) is 11.4 Å². The average Bonchev–Trinajstić information content (AvgIpc) is 2.59. The second-order valence-corrected chi connectivity index (χ2v) is 5.48. The van der Waals surface area contributed by atoms with Gasteiger partial charge in [0.15, 0.2) is 0 Å². The monoisotopic (exact) mass is 293 g/mol. The minimum Gasteiger partial charge on any atom is -0.493 e. The molecule has 3 nitrogen and oxygen atoms in total. The Hall–Kier alpha value is -2.55. The van der Waals surface area contributed by atoms with Gasteiger partial charge in [-0.2, -0.15) is 0 Å². The molecule has 1 amide bonds. The topological polar surface area (TPSA) is 38.3 Å². The summed E-state index contributed by atoms with van der Waals surface area (Å²) in [5.74, 6) is 1.22. The van der Waals surface area contributed by atoms with Gasteiger partial charge in [-0.15, -0.1) is 0 Å². The van der Waals surface area contributed by atoms with E-state index in [9.17, 15) is 4.79 Å². The molecule has 2 aromatic carbocycles. The molecule has 1 heterocycles. The van der Waals surface area contributed by atoms with Gasteiger partial charge in [0.2, 0.25) is 5.91 Å². The lowest BCUT2D eigenvalue weighted by atomic mass is 9.97. The van der Waals surface area contributed by atoms with E-state index in [1.165, 1.54) is 5.56 Å². The molecule has 112 valence electrons. The van der Waals surface area contributed by atoms with E-state index in [-0.39, 0.29) is 5.91 Å². The second-order valence-electron chi connectivity index (χ2n) is 5.48. The molecule has 1 aliphatic heterocycles. The first kappa shape index (κ1) is 14.4. The Bertz CT molecular complexity index is 664. The van der Waals surface area contributed by atoms with Crippen LogP contribution in [0.1, 0.15) is 11.1 Å². The number of amides is 1. The van der Waals surface area contributed by atoms with Gasteiger partial charge in [-0.25, -0.2) is 0 Å². The quantitative estimate of drug-likeness (QED) is 0.880. The summed E-state index contributed by atoms with van der Waals surface area (Å²) >= 11 is 0. The minimum absolute atomic E-state index is 0.0669. The van der Waals surface area contributed by atoms with E-state index < -0.39 is 0 Å². The molecular weight excluding hydrogens is 274 g/mol. The molecule has 1 aliphatic rings. The summed E-state index contributed by atoms with van der Waals surface area (Å²) in [6.45, 7) is 1.28. The maximum absolute atomic E-state index is 11.9. The molecule has 0 spiro atoms. The third-order valence-corrected chi connectivity index (χ3v) is 3.75. The number of carbonyl (C=O) groups is 1. The van der Waals surface area contributed by atoms with Crippen LogP contribution in [-0.2, 0) is 11.2 Å². The number of rotatable bonds is 4. The molecule has 1 N–H and O–H groups in total. The molecule has 0 saturated carbocycles. The predicted octanol–water partition coefficient (Wildman–Crippen LogP) is 3.07. The van der Waals surface area contributed by atoms with Crippen LogP contribution in [0.3, 0.4) is 0 Å². The van der Waals surface area contributed by atoms with Crippen molar-refractivity contribution < 1.29 is 9.53 Å². The lowest BCUT2D eigenvalue weighted by molar-refractivity contribution is -0.116. The Kier molecular flexibility index (Phi) is 4.54. The number of benzene rings is 2. The average molecular weight is 293 g/mol. The molecule has 1 unspecified atom stereocenters. The van der Waals surface area contributed by atoms with Crippen LogP contribution >= 0.6 is 0 Å². The summed E-state index contributed by atoms with van der Waals surface area (Å²) in [5, 5.41) is 2.95. The van der Waals surface area contributed by atoms with Crippen LogP contribution in [0, 0.1) is 5.92 Å². The summed E-state index contributed by atoms with van der Waals surface area (Å²) in [4.78, 5) is 11.9. The fourth-order valence-electron chi connectivity index (χ4n) is 2.56. The highest BCUT2D eigenvalue weighted by Crippen LogP contribution is 2.26. The molecule has 0 bridgehead atoms. The maximum atomic E-state index is 11.9. The van der Waals surface area contributed by atoms with Crippen LogP contribution in [0.5, 0.6) is 5.75 Å². The summed E-state index contributed by atoms with van der Waals surface area (Å²) in [6, 6.07) is 17.9. The van der Waals surface area contributed by atoms with Gasteiger partial charge in [-0.3, -0.25) is 4.79 Å². The summed E-state index contributed by atoms with van der Waals surface area (Å²) in [7, 11) is 0. The smallest absolute Gasteiger partial charge is 0.244 e. The van der Waals surface area contributed by atoms with Gasteiger partial charge in [0.25, 0.3) is 0 Å². The lowest BCUT2D eigenvalue weighted by Gasteiger charge is -2.25. The normalized spacial score (nSPS) is 16.8. The molecule has 0 radical (unpaired) electrons. The SMILES string of the molecule is O=C(/C=C/c1ccccc1)NCC1COc2ccccc2C1. The van der Waals surface area contributed by atoms with Crippen molar-refractivity contribution in [3.05, 3.63) is 71.8 Å². The maximum Gasteiger partial charge on any atom is 0.244 e. The molecule has 2 aromatic rings. The molecule has 0 aliphatic carbocycles. The van der Waals surface area contributed by atoms with E-state index in [1.807, 2.05) is 54.6 Å². The van der Waals surface area contributed by atoms with Crippen molar-refractivity contribution in [2.45, 2.75) is 6.42 Å². The Labute approximate surface area is 130 Å². The first-order valence-electron chi connectivity index (χ1n) is 7.53. The van der Waals surface area contributed by atoms with Gasteiger partial charge in [-0.1, -0.05) is 48.5 Å². The highest BCUT2D eigenvalue weighted by atomic mass is 16.5. The van der Waals surface area contributed by atoms with E-state index in [0.717, 1.165) is 17.7 Å². The molecule has 0 saturated heterocycles. The number of para-hydroxylation sites is 1. The largest absolute Gasteiger partial charge is 0.493 e. The fourth-order valence-corrected chi connectivity index (χ4v) is 2.56. The third-order valence-electron chi connectivity index (χ3n) is 3.75. The third kappa shape index (κ3) is 3.76. The first-order valence-corrected chi connectivity index (χ1v) is 7.53. The standard InChI is InChI=1S/C19H19NO2/c21-19(11-10-15-6-2-1-3-7-15)20-13-16-12-17-8-4-5-9-18(17)22-14-16/h1-11,16H,12-14H2,(H,20,21)/b11-10+. The summed E-state index contributed by atoms with van der Waals surface area (Å²) in [5.41, 5.74) is 2.24. The van der Waals surface area contributed by atoms with Crippen LogP contribution in [0.15, 0.2) is 60.7 Å². The summed E-state index contributed by atoms with van der Waals surface area (Å²) < 4.78 is 5.73. The zero-order valence-corrected chi connectivity index (χ0v) is 12.4. The van der Waals surface area contributed by atoms with Crippen LogP contribution in [-0.4, -0.2) is 19.1 Å². The van der Waals surface area contributed by atoms with Gasteiger partial charge in [0.05, 0.1) is 6.61 Å². The van der Waals surface area contributed by atoms with Gasteiger partial charge in [0.1, 0.15) is 5.75 Å². The van der Waals surface area contributed by atoms with Crippen molar-refractivity contribution in [1.29, 1.82) is 0 Å². The van der Waals surface area contributed by atoms with Crippen molar-refractivity contribution in [2.75, 3.05) is 13.2 Å². The van der Waals surface area contributed by atoms with Crippen LogP contribution in [0.2, 0.25) is 0 Å². The Morgan fingerprint density at radius 3 is 2.77 bits per heavy atom. The molecule has 0 fully saturated rings. The van der Waals surface area contributed by atoms with E-state index >= 15 is 0 Å². The van der Waals surface area contributed by atoms with E-state index in [4.69, 9.17) is 4.74 Å². The Balaban J connectivity index is 1.49. The van der Waals surface area contributed by atoms with Crippen molar-refractivity contribution in [3.8, 4) is 5.75 Å². The minimum atomic E-state index is -0.0669.